The summed E-state index contributed by atoms with van der Waals surface area (Å²) in [7, 11) is 0. The molecule has 0 spiro atoms. The normalized spacial score (nSPS) is 10.0. The number of aliphatic hydroxyl groups is 1. The minimum atomic E-state index is 0.330. The second kappa shape index (κ2) is 28.5. The van der Waals surface area contributed by atoms with Gasteiger partial charge in [-0.2, -0.15) is 0 Å². The van der Waals surface area contributed by atoms with Crippen molar-refractivity contribution < 1.29 is 14.7 Å². The molecule has 0 heterocycles. The molecule has 0 bridgehead atoms. The predicted octanol–water partition coefficient (Wildman–Crippen LogP) is 7.68. The van der Waals surface area contributed by atoms with Gasteiger partial charge in [-0.3, -0.25) is 0 Å². The van der Waals surface area contributed by atoms with E-state index in [9.17, 15) is 9.59 Å². The minimum Gasteiger partial charge on any atom is -0.396 e. The summed E-state index contributed by atoms with van der Waals surface area (Å²) in [5, 5.41) is 8.24. The molecule has 0 atom stereocenters. The summed E-state index contributed by atoms with van der Waals surface area (Å²) < 4.78 is 0. The highest BCUT2D eigenvalue weighted by Crippen LogP contribution is 2.08. The second-order valence-corrected chi connectivity index (χ2v) is 8.35. The van der Waals surface area contributed by atoms with Gasteiger partial charge in [0.05, 0.1) is 0 Å². The average Bonchev–Trinajstić information content (AvgIpc) is 2.61. The third-order valence-corrected chi connectivity index (χ3v) is 4.47. The molecule has 0 aliphatic carbocycles. The standard InChI is InChI=1S/C11H22O.C9H18O.C5H12O/c1-3-4-5-6-7-8-9-10-11(2)12;1-3-4-5-6-7-8-9(2)10;1-5(2)3-4-6/h3-10H2,1-2H3;3-8H2,1-2H3;5-6H,3-4H2,1-2H3. The monoisotopic (exact) mass is 400 g/mol. The fourth-order valence-electron chi connectivity index (χ4n) is 2.57. The summed E-state index contributed by atoms with van der Waals surface area (Å²) in [6, 6.07) is 0. The van der Waals surface area contributed by atoms with Gasteiger partial charge in [-0.15, -0.1) is 0 Å². The SMILES string of the molecule is CC(C)CCO.CCCCCCCC(C)=O.CCCCCCCCCC(C)=O. The summed E-state index contributed by atoms with van der Waals surface area (Å²) >= 11 is 0. The van der Waals surface area contributed by atoms with E-state index in [0.29, 0.717) is 24.1 Å². The molecular formula is C25H52O3. The molecule has 0 aliphatic rings. The maximum atomic E-state index is 10.6. The number of hydrogen-bond donors (Lipinski definition) is 1. The van der Waals surface area contributed by atoms with E-state index in [-0.39, 0.29) is 0 Å². The van der Waals surface area contributed by atoms with Gasteiger partial charge in [-0.1, -0.05) is 91.9 Å². The Bertz CT molecular complexity index is 311. The van der Waals surface area contributed by atoms with Crippen molar-refractivity contribution in [2.75, 3.05) is 6.61 Å². The van der Waals surface area contributed by atoms with E-state index < -0.39 is 0 Å². The first-order valence-electron chi connectivity index (χ1n) is 11.9. The summed E-state index contributed by atoms with van der Waals surface area (Å²) in [6.07, 6.45) is 17.8. The lowest BCUT2D eigenvalue weighted by Crippen LogP contribution is -1.89. The molecule has 0 aromatic rings. The Hall–Kier alpha value is -0.700. The lowest BCUT2D eigenvalue weighted by atomic mass is 10.1. The topological polar surface area (TPSA) is 54.4 Å². The Morgan fingerprint density at radius 2 is 0.964 bits per heavy atom. The van der Waals surface area contributed by atoms with Crippen molar-refractivity contribution in [3.05, 3.63) is 0 Å². The van der Waals surface area contributed by atoms with Crippen molar-refractivity contribution in [2.24, 2.45) is 5.92 Å². The highest BCUT2D eigenvalue weighted by atomic mass is 16.3. The predicted molar refractivity (Wildman–Crippen MR) is 124 cm³/mol. The zero-order chi connectivity index (χ0) is 22.0. The quantitative estimate of drug-likeness (QED) is 0.270. The zero-order valence-electron chi connectivity index (χ0n) is 20.2. The summed E-state index contributed by atoms with van der Waals surface area (Å²) in [4.78, 5) is 21.1. The number of ketones is 2. The summed E-state index contributed by atoms with van der Waals surface area (Å²) in [6.45, 7) is 12.3. The highest BCUT2D eigenvalue weighted by molar-refractivity contribution is 5.75. The number of carbonyl (C=O) groups excluding carboxylic acids is 2. The first kappa shape index (κ1) is 32.0. The van der Waals surface area contributed by atoms with Crippen molar-refractivity contribution >= 4 is 11.6 Å². The maximum Gasteiger partial charge on any atom is 0.129 e. The Morgan fingerprint density at radius 3 is 1.18 bits per heavy atom. The fraction of sp³-hybridized carbons (Fsp3) is 0.920. The van der Waals surface area contributed by atoms with Gasteiger partial charge >= 0.3 is 0 Å². The van der Waals surface area contributed by atoms with Crippen LogP contribution in [0.2, 0.25) is 0 Å². The van der Waals surface area contributed by atoms with Crippen LogP contribution in [0.25, 0.3) is 0 Å². The van der Waals surface area contributed by atoms with Gasteiger partial charge in [0.25, 0.3) is 0 Å². The van der Waals surface area contributed by atoms with Crippen molar-refractivity contribution in [1.29, 1.82) is 0 Å². The molecule has 28 heavy (non-hydrogen) atoms. The highest BCUT2D eigenvalue weighted by Gasteiger charge is 1.94. The number of aliphatic hydroxyl groups excluding tert-OH is 1. The molecule has 0 saturated heterocycles. The van der Waals surface area contributed by atoms with Gasteiger partial charge in [-0.05, 0) is 39.0 Å². The Balaban J connectivity index is -0.000000354. The van der Waals surface area contributed by atoms with E-state index in [1.807, 2.05) is 0 Å². The molecule has 170 valence electrons. The first-order chi connectivity index (χ1) is 13.3. The van der Waals surface area contributed by atoms with Crippen LogP contribution in [0.5, 0.6) is 0 Å². The van der Waals surface area contributed by atoms with Gasteiger partial charge in [0.15, 0.2) is 0 Å². The molecule has 0 unspecified atom stereocenters. The molecule has 0 radical (unpaired) electrons. The summed E-state index contributed by atoms with van der Waals surface area (Å²) in [5.74, 6) is 1.31. The first-order valence-corrected chi connectivity index (χ1v) is 11.9. The van der Waals surface area contributed by atoms with Crippen LogP contribution < -0.4 is 0 Å². The van der Waals surface area contributed by atoms with Crippen LogP contribution in [-0.2, 0) is 9.59 Å². The van der Waals surface area contributed by atoms with Gasteiger partial charge in [0, 0.05) is 19.4 Å². The van der Waals surface area contributed by atoms with E-state index in [2.05, 4.69) is 27.7 Å². The average molecular weight is 401 g/mol. The van der Waals surface area contributed by atoms with Crippen molar-refractivity contribution in [1.82, 2.24) is 0 Å². The van der Waals surface area contributed by atoms with E-state index in [4.69, 9.17) is 5.11 Å². The van der Waals surface area contributed by atoms with Crippen molar-refractivity contribution in [3.63, 3.8) is 0 Å². The maximum absolute atomic E-state index is 10.6. The largest absolute Gasteiger partial charge is 0.396 e. The molecule has 0 amide bonds. The smallest absolute Gasteiger partial charge is 0.129 e. The number of unbranched alkanes of at least 4 members (excludes halogenated alkanes) is 10. The second-order valence-electron chi connectivity index (χ2n) is 8.35. The van der Waals surface area contributed by atoms with E-state index in [0.717, 1.165) is 32.1 Å². The Morgan fingerprint density at radius 1 is 0.643 bits per heavy atom. The van der Waals surface area contributed by atoms with Crippen LogP contribution in [0, 0.1) is 5.92 Å². The summed E-state index contributed by atoms with van der Waals surface area (Å²) in [5.41, 5.74) is 0. The number of Topliss-reactive ketones (excluding diaryl/α,β-unsaturated/α-hetero) is 2. The lowest BCUT2D eigenvalue weighted by Gasteiger charge is -1.98. The van der Waals surface area contributed by atoms with Gasteiger partial charge < -0.3 is 14.7 Å². The zero-order valence-corrected chi connectivity index (χ0v) is 20.2. The third kappa shape index (κ3) is 44.6. The molecule has 0 saturated carbocycles. The molecule has 0 aliphatic heterocycles. The third-order valence-electron chi connectivity index (χ3n) is 4.47. The van der Waals surface area contributed by atoms with Gasteiger partial charge in [-0.25, -0.2) is 0 Å². The van der Waals surface area contributed by atoms with Crippen LogP contribution in [0.15, 0.2) is 0 Å². The van der Waals surface area contributed by atoms with Crippen LogP contribution in [0.1, 0.15) is 138 Å². The van der Waals surface area contributed by atoms with Crippen molar-refractivity contribution in [3.8, 4) is 0 Å². The lowest BCUT2D eigenvalue weighted by molar-refractivity contribution is -0.117. The molecule has 3 heteroatoms. The van der Waals surface area contributed by atoms with Gasteiger partial charge in [0.2, 0.25) is 0 Å². The molecule has 1 N–H and O–H groups in total. The molecule has 3 nitrogen and oxygen atoms in total. The molecular weight excluding hydrogens is 348 g/mol. The van der Waals surface area contributed by atoms with Crippen LogP contribution in [-0.4, -0.2) is 23.3 Å². The minimum absolute atomic E-state index is 0.330. The van der Waals surface area contributed by atoms with Gasteiger partial charge in [0.1, 0.15) is 11.6 Å². The fourth-order valence-corrected chi connectivity index (χ4v) is 2.57. The van der Waals surface area contributed by atoms with Crippen LogP contribution in [0.4, 0.5) is 0 Å². The van der Waals surface area contributed by atoms with Crippen molar-refractivity contribution in [2.45, 2.75) is 138 Å². The number of rotatable bonds is 16. The Kier molecular flexibility index (Phi) is 32.6. The van der Waals surface area contributed by atoms with Crippen LogP contribution >= 0.6 is 0 Å². The Labute approximate surface area is 177 Å². The number of hydrogen-bond acceptors (Lipinski definition) is 3. The molecule has 0 aromatic carbocycles. The van der Waals surface area contributed by atoms with E-state index in [1.165, 1.54) is 64.2 Å². The van der Waals surface area contributed by atoms with E-state index >= 15 is 0 Å². The molecule has 0 rings (SSSR count). The molecule has 0 aromatic heterocycles. The number of carbonyl (C=O) groups is 2. The molecule has 0 fully saturated rings. The van der Waals surface area contributed by atoms with E-state index in [1.54, 1.807) is 13.8 Å². The van der Waals surface area contributed by atoms with Crippen LogP contribution in [0.3, 0.4) is 0 Å².